The highest BCUT2D eigenvalue weighted by molar-refractivity contribution is 5.74. The van der Waals surface area contributed by atoms with E-state index in [9.17, 15) is 4.79 Å². The van der Waals surface area contributed by atoms with E-state index in [0.717, 1.165) is 24.8 Å². The minimum Gasteiger partial charge on any atom is -0.334 e. The molecule has 0 fully saturated rings. The lowest BCUT2D eigenvalue weighted by Crippen LogP contribution is -2.51. The summed E-state index contributed by atoms with van der Waals surface area (Å²) in [6, 6.07) is 9.86. The van der Waals surface area contributed by atoms with Crippen LogP contribution in [0.25, 0.3) is 0 Å². The molecule has 0 bridgehead atoms. The second-order valence-electron chi connectivity index (χ2n) is 4.63. The standard InChI is InChI=1S/C15H24N2O/c1-4-15(5-2,6-3)17-14(18)16-12-13-10-8-7-9-11-13/h7-11H,4-6,12H2,1-3H3,(H2,16,17,18). The Kier molecular flexibility index (Phi) is 5.69. The molecule has 0 aliphatic rings. The zero-order valence-electron chi connectivity index (χ0n) is 11.6. The van der Waals surface area contributed by atoms with Crippen molar-refractivity contribution >= 4 is 6.03 Å². The van der Waals surface area contributed by atoms with E-state index in [4.69, 9.17) is 0 Å². The Morgan fingerprint density at radius 2 is 1.61 bits per heavy atom. The molecule has 0 aromatic heterocycles. The van der Waals surface area contributed by atoms with Crippen LogP contribution < -0.4 is 10.6 Å². The van der Waals surface area contributed by atoms with Crippen LogP contribution in [-0.2, 0) is 6.54 Å². The first kappa shape index (κ1) is 14.6. The fraction of sp³-hybridized carbons (Fsp3) is 0.533. The van der Waals surface area contributed by atoms with Gasteiger partial charge in [-0.1, -0.05) is 51.1 Å². The number of carbonyl (C=O) groups excluding carboxylic acids is 1. The van der Waals surface area contributed by atoms with Crippen molar-refractivity contribution in [1.29, 1.82) is 0 Å². The van der Waals surface area contributed by atoms with E-state index in [2.05, 4.69) is 31.4 Å². The van der Waals surface area contributed by atoms with Crippen molar-refractivity contribution in [2.24, 2.45) is 0 Å². The molecule has 2 N–H and O–H groups in total. The quantitative estimate of drug-likeness (QED) is 0.795. The second-order valence-corrected chi connectivity index (χ2v) is 4.63. The average Bonchev–Trinajstić information content (AvgIpc) is 2.44. The fourth-order valence-electron chi connectivity index (χ4n) is 2.08. The SMILES string of the molecule is CCC(CC)(CC)NC(=O)NCc1ccccc1. The Morgan fingerprint density at radius 1 is 1.06 bits per heavy atom. The smallest absolute Gasteiger partial charge is 0.315 e. The second kappa shape index (κ2) is 7.04. The Morgan fingerprint density at radius 3 is 2.11 bits per heavy atom. The van der Waals surface area contributed by atoms with E-state index in [1.165, 1.54) is 0 Å². The molecular weight excluding hydrogens is 224 g/mol. The monoisotopic (exact) mass is 248 g/mol. The number of nitrogens with one attached hydrogen (secondary N) is 2. The van der Waals surface area contributed by atoms with Gasteiger partial charge in [0, 0.05) is 12.1 Å². The maximum absolute atomic E-state index is 11.9. The minimum absolute atomic E-state index is 0.0687. The molecule has 0 unspecified atom stereocenters. The summed E-state index contributed by atoms with van der Waals surface area (Å²) in [6.07, 6.45) is 2.87. The zero-order valence-corrected chi connectivity index (χ0v) is 11.6. The van der Waals surface area contributed by atoms with Crippen LogP contribution in [0.3, 0.4) is 0 Å². The molecule has 100 valence electrons. The first-order chi connectivity index (χ1) is 8.65. The van der Waals surface area contributed by atoms with Gasteiger partial charge in [-0.15, -0.1) is 0 Å². The maximum atomic E-state index is 11.9. The van der Waals surface area contributed by atoms with Gasteiger partial charge in [0.05, 0.1) is 0 Å². The molecule has 18 heavy (non-hydrogen) atoms. The fourth-order valence-corrected chi connectivity index (χ4v) is 2.08. The molecule has 0 aliphatic heterocycles. The highest BCUT2D eigenvalue weighted by atomic mass is 16.2. The van der Waals surface area contributed by atoms with Gasteiger partial charge in [-0.05, 0) is 24.8 Å². The number of hydrogen-bond donors (Lipinski definition) is 2. The molecule has 0 spiro atoms. The van der Waals surface area contributed by atoms with Crippen molar-refractivity contribution in [1.82, 2.24) is 10.6 Å². The summed E-state index contributed by atoms with van der Waals surface area (Å²) in [5.41, 5.74) is 1.04. The summed E-state index contributed by atoms with van der Waals surface area (Å²) < 4.78 is 0. The molecule has 0 heterocycles. The van der Waals surface area contributed by atoms with Gasteiger partial charge in [0.1, 0.15) is 0 Å². The van der Waals surface area contributed by atoms with Gasteiger partial charge < -0.3 is 10.6 Å². The van der Waals surface area contributed by atoms with E-state index >= 15 is 0 Å². The van der Waals surface area contributed by atoms with Gasteiger partial charge >= 0.3 is 6.03 Å². The molecule has 1 aromatic carbocycles. The lowest BCUT2D eigenvalue weighted by atomic mass is 9.90. The molecule has 1 rings (SSSR count). The zero-order chi connectivity index (χ0) is 13.4. The van der Waals surface area contributed by atoms with Gasteiger partial charge in [0.25, 0.3) is 0 Å². The molecule has 0 radical (unpaired) electrons. The van der Waals surface area contributed by atoms with Crippen molar-refractivity contribution in [3.05, 3.63) is 35.9 Å². The Bertz CT molecular complexity index is 350. The Labute approximate surface area is 110 Å². The largest absolute Gasteiger partial charge is 0.334 e. The molecule has 0 aliphatic carbocycles. The number of benzene rings is 1. The molecule has 0 saturated carbocycles. The van der Waals surface area contributed by atoms with Crippen LogP contribution in [0.1, 0.15) is 45.6 Å². The highest BCUT2D eigenvalue weighted by Gasteiger charge is 2.25. The van der Waals surface area contributed by atoms with Crippen LogP contribution in [0.5, 0.6) is 0 Å². The van der Waals surface area contributed by atoms with Crippen LogP contribution in [0.2, 0.25) is 0 Å². The minimum atomic E-state index is -0.0793. The third-order valence-corrected chi connectivity index (χ3v) is 3.70. The van der Waals surface area contributed by atoms with E-state index in [1.54, 1.807) is 0 Å². The van der Waals surface area contributed by atoms with Crippen molar-refractivity contribution < 1.29 is 4.79 Å². The van der Waals surface area contributed by atoms with E-state index in [-0.39, 0.29) is 11.6 Å². The molecule has 2 amide bonds. The van der Waals surface area contributed by atoms with Crippen LogP contribution in [0.4, 0.5) is 4.79 Å². The Hall–Kier alpha value is -1.51. The molecule has 0 atom stereocenters. The number of carbonyl (C=O) groups is 1. The van der Waals surface area contributed by atoms with Crippen LogP contribution in [0, 0.1) is 0 Å². The third-order valence-electron chi connectivity index (χ3n) is 3.70. The van der Waals surface area contributed by atoms with E-state index in [1.807, 2.05) is 30.3 Å². The molecule has 0 saturated heterocycles. The number of hydrogen-bond acceptors (Lipinski definition) is 1. The maximum Gasteiger partial charge on any atom is 0.315 e. The lowest BCUT2D eigenvalue weighted by Gasteiger charge is -2.31. The van der Waals surface area contributed by atoms with Crippen molar-refractivity contribution in [3.63, 3.8) is 0 Å². The number of rotatable bonds is 6. The summed E-state index contributed by atoms with van der Waals surface area (Å²) in [6.45, 7) is 6.92. The summed E-state index contributed by atoms with van der Waals surface area (Å²) >= 11 is 0. The molecule has 3 nitrogen and oxygen atoms in total. The van der Waals surface area contributed by atoms with Gasteiger partial charge in [0.15, 0.2) is 0 Å². The van der Waals surface area contributed by atoms with Crippen LogP contribution in [-0.4, -0.2) is 11.6 Å². The number of amides is 2. The normalized spacial score (nSPS) is 11.1. The predicted octanol–water partition coefficient (Wildman–Crippen LogP) is 3.45. The highest BCUT2D eigenvalue weighted by Crippen LogP contribution is 2.18. The molecular formula is C15H24N2O. The third kappa shape index (κ3) is 4.06. The summed E-state index contributed by atoms with van der Waals surface area (Å²) in [4.78, 5) is 11.9. The van der Waals surface area contributed by atoms with Gasteiger partial charge in [-0.25, -0.2) is 4.79 Å². The summed E-state index contributed by atoms with van der Waals surface area (Å²) in [7, 11) is 0. The van der Waals surface area contributed by atoms with Crippen LogP contribution >= 0.6 is 0 Å². The van der Waals surface area contributed by atoms with Crippen LogP contribution in [0.15, 0.2) is 30.3 Å². The predicted molar refractivity (Wildman–Crippen MR) is 75.4 cm³/mol. The van der Waals surface area contributed by atoms with Crippen molar-refractivity contribution in [2.45, 2.75) is 52.1 Å². The van der Waals surface area contributed by atoms with Crippen molar-refractivity contribution in [2.75, 3.05) is 0 Å². The molecule has 1 aromatic rings. The summed E-state index contributed by atoms with van der Waals surface area (Å²) in [5, 5.41) is 6.01. The first-order valence-corrected chi connectivity index (χ1v) is 6.75. The van der Waals surface area contributed by atoms with Gasteiger partial charge in [0.2, 0.25) is 0 Å². The van der Waals surface area contributed by atoms with E-state index < -0.39 is 0 Å². The van der Waals surface area contributed by atoms with Gasteiger partial charge in [-0.3, -0.25) is 0 Å². The van der Waals surface area contributed by atoms with Gasteiger partial charge in [-0.2, -0.15) is 0 Å². The topological polar surface area (TPSA) is 41.1 Å². The summed E-state index contributed by atoms with van der Waals surface area (Å²) in [5.74, 6) is 0. The average molecular weight is 248 g/mol. The van der Waals surface area contributed by atoms with Crippen molar-refractivity contribution in [3.8, 4) is 0 Å². The van der Waals surface area contributed by atoms with E-state index in [0.29, 0.717) is 6.54 Å². The Balaban J connectivity index is 2.46. The lowest BCUT2D eigenvalue weighted by molar-refractivity contribution is 0.217. The first-order valence-electron chi connectivity index (χ1n) is 6.75. The number of urea groups is 1. The molecule has 3 heteroatoms.